The summed E-state index contributed by atoms with van der Waals surface area (Å²) in [6.07, 6.45) is 0. The number of rotatable bonds is 1. The van der Waals surface area contributed by atoms with Gasteiger partial charge in [0.2, 0.25) is 0 Å². The lowest BCUT2D eigenvalue weighted by molar-refractivity contribution is 0.0603. The first-order valence-corrected chi connectivity index (χ1v) is 4.98. The first kappa shape index (κ1) is 7.70. The van der Waals surface area contributed by atoms with Gasteiger partial charge in [-0.15, -0.1) is 22.7 Å². The lowest BCUT2D eigenvalue weighted by Crippen LogP contribution is -1.98. The normalized spacial score (nSPS) is 10.4. The van der Waals surface area contributed by atoms with Gasteiger partial charge >= 0.3 is 5.97 Å². The first-order valence-electron chi connectivity index (χ1n) is 3.22. The van der Waals surface area contributed by atoms with E-state index in [1.54, 1.807) is 10.9 Å². The molecule has 3 nitrogen and oxygen atoms in total. The maximum Gasteiger partial charge on any atom is 0.340 e. The zero-order valence-corrected chi connectivity index (χ0v) is 7.87. The number of thiazole rings is 1. The molecule has 0 spiro atoms. The van der Waals surface area contributed by atoms with Gasteiger partial charge in [0, 0.05) is 5.38 Å². The largest absolute Gasteiger partial charge is 0.465 e. The molecule has 2 aromatic heterocycles. The van der Waals surface area contributed by atoms with E-state index in [1.165, 1.54) is 29.8 Å². The number of fused-ring (bicyclic) bond motifs is 1. The predicted molar refractivity (Wildman–Crippen MR) is 48.8 cm³/mol. The number of hydrogen-bond donors (Lipinski definition) is 0. The zero-order chi connectivity index (χ0) is 8.55. The molecule has 2 heterocycles. The molecule has 0 amide bonds. The lowest BCUT2D eigenvalue weighted by Gasteiger charge is -1.92. The Morgan fingerprint density at radius 2 is 2.42 bits per heavy atom. The van der Waals surface area contributed by atoms with E-state index in [-0.39, 0.29) is 5.97 Å². The van der Waals surface area contributed by atoms with E-state index in [0.29, 0.717) is 5.56 Å². The molecule has 0 fully saturated rings. The highest BCUT2D eigenvalue weighted by Crippen LogP contribution is 2.28. The summed E-state index contributed by atoms with van der Waals surface area (Å²) in [6.45, 7) is 0. The minimum absolute atomic E-state index is 0.287. The molecule has 0 aliphatic carbocycles. The smallest absolute Gasteiger partial charge is 0.340 e. The van der Waals surface area contributed by atoms with Crippen LogP contribution in [0.3, 0.4) is 0 Å². The second-order valence-corrected chi connectivity index (χ2v) is 3.84. The summed E-state index contributed by atoms with van der Waals surface area (Å²) in [6, 6.07) is 0. The Kier molecular flexibility index (Phi) is 1.82. The summed E-state index contributed by atoms with van der Waals surface area (Å²) in [4.78, 5) is 16.1. The number of carbonyl (C=O) groups is 1. The molecule has 0 N–H and O–H groups in total. The number of nitrogens with zero attached hydrogens (tertiary/aromatic N) is 1. The van der Waals surface area contributed by atoms with Gasteiger partial charge in [-0.3, -0.25) is 0 Å². The van der Waals surface area contributed by atoms with Gasteiger partial charge in [0.25, 0.3) is 0 Å². The van der Waals surface area contributed by atoms with Crippen molar-refractivity contribution in [3.63, 3.8) is 0 Å². The average molecular weight is 199 g/mol. The van der Waals surface area contributed by atoms with Gasteiger partial charge in [0.1, 0.15) is 4.83 Å². The molecule has 0 saturated heterocycles. The lowest BCUT2D eigenvalue weighted by atomic mass is 10.3. The molecule has 2 aromatic rings. The van der Waals surface area contributed by atoms with E-state index in [1.807, 2.05) is 0 Å². The molecule has 0 atom stereocenters. The van der Waals surface area contributed by atoms with Crippen LogP contribution in [0.2, 0.25) is 0 Å². The van der Waals surface area contributed by atoms with E-state index in [0.717, 1.165) is 9.53 Å². The number of carbonyl (C=O) groups excluding carboxylic acids is 1. The SMILES string of the molecule is COC(=O)c1csc2ncsc12. The second kappa shape index (κ2) is 2.84. The van der Waals surface area contributed by atoms with Crippen molar-refractivity contribution in [2.24, 2.45) is 0 Å². The summed E-state index contributed by atoms with van der Waals surface area (Å²) in [7, 11) is 1.38. The van der Waals surface area contributed by atoms with Crippen LogP contribution >= 0.6 is 22.7 Å². The molecule has 0 bridgehead atoms. The standard InChI is InChI=1S/C7H5NO2S2/c1-10-7(9)4-2-11-6-5(4)12-3-8-6/h2-3H,1H3. The van der Waals surface area contributed by atoms with E-state index >= 15 is 0 Å². The molecule has 62 valence electrons. The average Bonchev–Trinajstić information content (AvgIpc) is 2.62. The van der Waals surface area contributed by atoms with Gasteiger partial charge in [0.05, 0.1) is 22.9 Å². The highest BCUT2D eigenvalue weighted by molar-refractivity contribution is 7.25. The topological polar surface area (TPSA) is 39.2 Å². The van der Waals surface area contributed by atoms with Crippen LogP contribution in [-0.4, -0.2) is 18.1 Å². The monoisotopic (exact) mass is 199 g/mol. The summed E-state index contributed by atoms with van der Waals surface area (Å²) in [5.41, 5.74) is 2.35. The third-order valence-corrected chi connectivity index (χ3v) is 3.35. The molecule has 0 radical (unpaired) electrons. The van der Waals surface area contributed by atoms with Gasteiger partial charge in [-0.25, -0.2) is 9.78 Å². The Balaban J connectivity index is 2.61. The van der Waals surface area contributed by atoms with Crippen molar-refractivity contribution >= 4 is 38.2 Å². The van der Waals surface area contributed by atoms with E-state index in [9.17, 15) is 4.79 Å². The highest BCUT2D eigenvalue weighted by Gasteiger charge is 2.13. The number of aromatic nitrogens is 1. The number of methoxy groups -OCH3 is 1. The molecule has 12 heavy (non-hydrogen) atoms. The summed E-state index contributed by atoms with van der Waals surface area (Å²) in [5, 5.41) is 1.78. The third kappa shape index (κ3) is 1.02. The van der Waals surface area contributed by atoms with Crippen LogP contribution in [-0.2, 0) is 4.74 Å². The van der Waals surface area contributed by atoms with Gasteiger partial charge in [0.15, 0.2) is 0 Å². The van der Waals surface area contributed by atoms with Crippen molar-refractivity contribution in [3.8, 4) is 0 Å². The van der Waals surface area contributed by atoms with Gasteiger partial charge in [-0.05, 0) is 0 Å². The summed E-state index contributed by atoms with van der Waals surface area (Å²) >= 11 is 2.93. The van der Waals surface area contributed by atoms with Crippen molar-refractivity contribution in [1.29, 1.82) is 0 Å². The van der Waals surface area contributed by atoms with Crippen LogP contribution in [0, 0.1) is 0 Å². The molecular formula is C7H5NO2S2. The maximum absolute atomic E-state index is 11.1. The second-order valence-electron chi connectivity index (χ2n) is 2.13. The minimum Gasteiger partial charge on any atom is -0.465 e. The Bertz CT molecular complexity index is 418. The van der Waals surface area contributed by atoms with Crippen LogP contribution in [0.5, 0.6) is 0 Å². The summed E-state index contributed by atoms with van der Waals surface area (Å²) < 4.78 is 5.54. The van der Waals surface area contributed by atoms with Gasteiger partial charge in [-0.1, -0.05) is 0 Å². The molecule has 5 heteroatoms. The van der Waals surface area contributed by atoms with Crippen LogP contribution in [0.25, 0.3) is 9.53 Å². The Hall–Kier alpha value is -0.940. The first-order chi connectivity index (χ1) is 5.83. The molecule has 0 aliphatic rings. The molecule has 0 aliphatic heterocycles. The Morgan fingerprint density at radius 1 is 1.58 bits per heavy atom. The Morgan fingerprint density at radius 3 is 3.17 bits per heavy atom. The Labute approximate surface area is 76.6 Å². The molecule has 2 rings (SSSR count). The maximum atomic E-state index is 11.1. The van der Waals surface area contributed by atoms with E-state index in [2.05, 4.69) is 9.72 Å². The molecule has 0 unspecified atom stereocenters. The van der Waals surface area contributed by atoms with Crippen molar-refractivity contribution < 1.29 is 9.53 Å². The minimum atomic E-state index is -0.287. The third-order valence-electron chi connectivity index (χ3n) is 1.47. The quantitative estimate of drug-likeness (QED) is 0.660. The fourth-order valence-electron chi connectivity index (χ4n) is 0.918. The van der Waals surface area contributed by atoms with Gasteiger partial charge < -0.3 is 4.74 Å². The molecule has 0 saturated carbocycles. The van der Waals surface area contributed by atoms with Crippen LogP contribution in [0.4, 0.5) is 0 Å². The fraction of sp³-hybridized carbons (Fsp3) is 0.143. The van der Waals surface area contributed by atoms with E-state index in [4.69, 9.17) is 0 Å². The highest BCUT2D eigenvalue weighted by atomic mass is 32.1. The fourth-order valence-corrected chi connectivity index (χ4v) is 2.81. The van der Waals surface area contributed by atoms with Crippen molar-refractivity contribution in [2.75, 3.05) is 7.11 Å². The van der Waals surface area contributed by atoms with Crippen molar-refractivity contribution in [2.45, 2.75) is 0 Å². The van der Waals surface area contributed by atoms with Crippen molar-refractivity contribution in [1.82, 2.24) is 4.98 Å². The molecule has 0 aromatic carbocycles. The predicted octanol–water partition coefficient (Wildman–Crippen LogP) is 2.14. The number of ether oxygens (including phenoxy) is 1. The van der Waals surface area contributed by atoms with Crippen LogP contribution < -0.4 is 0 Å². The number of thiophene rings is 1. The van der Waals surface area contributed by atoms with Crippen LogP contribution in [0.15, 0.2) is 10.9 Å². The van der Waals surface area contributed by atoms with Crippen LogP contribution in [0.1, 0.15) is 10.4 Å². The number of esters is 1. The van der Waals surface area contributed by atoms with Crippen molar-refractivity contribution in [3.05, 3.63) is 16.5 Å². The van der Waals surface area contributed by atoms with E-state index < -0.39 is 0 Å². The van der Waals surface area contributed by atoms with Gasteiger partial charge in [-0.2, -0.15) is 0 Å². The zero-order valence-electron chi connectivity index (χ0n) is 6.23. The summed E-state index contributed by atoms with van der Waals surface area (Å²) in [5.74, 6) is -0.287. The number of hydrogen-bond acceptors (Lipinski definition) is 5. The molecular weight excluding hydrogens is 194 g/mol.